The van der Waals surface area contributed by atoms with E-state index in [0.29, 0.717) is 12.3 Å². The number of nitrogens with one attached hydrogen (secondary N) is 1. The molecule has 1 aliphatic carbocycles. The molecule has 2 aromatic carbocycles. The number of amides is 2. The van der Waals surface area contributed by atoms with Gasteiger partial charge in [0.25, 0.3) is 0 Å². The number of benzene rings is 2. The molecule has 2 amide bonds. The molecule has 1 atom stereocenters. The summed E-state index contributed by atoms with van der Waals surface area (Å²) in [6.45, 7) is 2.01. The van der Waals surface area contributed by atoms with Crippen molar-refractivity contribution in [2.45, 2.75) is 38.1 Å². The van der Waals surface area contributed by atoms with Crippen LogP contribution in [0.5, 0.6) is 5.75 Å². The monoisotopic (exact) mass is 506 g/mol. The summed E-state index contributed by atoms with van der Waals surface area (Å²) in [6, 6.07) is 22.0. The summed E-state index contributed by atoms with van der Waals surface area (Å²) in [7, 11) is 3.28. The predicted octanol–water partition coefficient (Wildman–Crippen LogP) is 5.16. The van der Waals surface area contributed by atoms with Crippen LogP contribution in [0.25, 0.3) is 17.1 Å². The highest BCUT2D eigenvalue weighted by Crippen LogP contribution is 2.42. The molecule has 1 N–H and O–H groups in total. The van der Waals surface area contributed by atoms with Gasteiger partial charge in [0, 0.05) is 36.0 Å². The van der Waals surface area contributed by atoms with E-state index >= 15 is 0 Å². The van der Waals surface area contributed by atoms with Crippen molar-refractivity contribution in [3.05, 3.63) is 95.3 Å². The number of fused-ring (bicyclic) bond motifs is 1. The molecule has 1 unspecified atom stereocenters. The summed E-state index contributed by atoms with van der Waals surface area (Å²) >= 11 is 0. The lowest BCUT2D eigenvalue weighted by Crippen LogP contribution is -2.41. The van der Waals surface area contributed by atoms with E-state index in [1.807, 2.05) is 54.1 Å². The molecule has 0 spiro atoms. The van der Waals surface area contributed by atoms with Crippen LogP contribution in [0.1, 0.15) is 48.1 Å². The summed E-state index contributed by atoms with van der Waals surface area (Å²) in [5, 5.41) is 14.1. The quantitative estimate of drug-likeness (QED) is 0.405. The number of hydrazone groups is 1. The van der Waals surface area contributed by atoms with Crippen LogP contribution in [-0.4, -0.2) is 51.7 Å². The Balaban J connectivity index is 1.42. The second-order valence-corrected chi connectivity index (χ2v) is 9.83. The van der Waals surface area contributed by atoms with Crippen LogP contribution >= 0.6 is 0 Å². The van der Waals surface area contributed by atoms with E-state index in [4.69, 9.17) is 14.9 Å². The van der Waals surface area contributed by atoms with E-state index < -0.39 is 0 Å². The van der Waals surface area contributed by atoms with Gasteiger partial charge in [0.1, 0.15) is 11.4 Å². The Morgan fingerprint density at radius 2 is 1.84 bits per heavy atom. The second kappa shape index (κ2) is 9.78. The third kappa shape index (κ3) is 4.42. The summed E-state index contributed by atoms with van der Waals surface area (Å²) in [5.74, 6) is 1.27. The van der Waals surface area contributed by atoms with Crippen LogP contribution in [-0.2, 0) is 6.42 Å². The van der Waals surface area contributed by atoms with Crippen LogP contribution in [0, 0.1) is 0 Å². The second-order valence-electron chi connectivity index (χ2n) is 9.83. The minimum Gasteiger partial charge on any atom is -0.497 e. The number of urea groups is 1. The summed E-state index contributed by atoms with van der Waals surface area (Å²) in [4.78, 5) is 17.2. The Morgan fingerprint density at radius 1 is 1.03 bits per heavy atom. The van der Waals surface area contributed by atoms with E-state index in [9.17, 15) is 4.79 Å². The maximum Gasteiger partial charge on any atom is 0.337 e. The van der Waals surface area contributed by atoms with E-state index in [1.54, 1.807) is 20.4 Å². The highest BCUT2D eigenvalue weighted by Gasteiger charge is 2.30. The maximum absolute atomic E-state index is 12.7. The van der Waals surface area contributed by atoms with Crippen molar-refractivity contribution in [1.29, 1.82) is 0 Å². The molecular formula is C30H30N6O2. The smallest absolute Gasteiger partial charge is 0.337 e. The van der Waals surface area contributed by atoms with Gasteiger partial charge in [-0.25, -0.2) is 14.5 Å². The molecule has 8 heteroatoms. The fourth-order valence-corrected chi connectivity index (χ4v) is 4.99. The van der Waals surface area contributed by atoms with Crippen molar-refractivity contribution < 1.29 is 9.53 Å². The van der Waals surface area contributed by atoms with Gasteiger partial charge in [0.05, 0.1) is 30.2 Å². The molecule has 1 saturated carbocycles. The molecule has 1 aliphatic heterocycles. The molecule has 2 aliphatic rings. The zero-order valence-corrected chi connectivity index (χ0v) is 21.8. The van der Waals surface area contributed by atoms with Crippen LogP contribution in [0.2, 0.25) is 0 Å². The standard InChI is InChI=1S/C30H30N6O2/c1-19-16-22-11-14-24(38-3)17-25(22)29(34-35(19)30(37)31-2)21-9-12-23(13-10-21)36-28(20-7-8-20)18-27(33-36)26-6-4-5-15-32-26/h4-6,9-15,17-20H,7-8,16H2,1-3H3,(H,31,37). The van der Waals surface area contributed by atoms with Crippen molar-refractivity contribution in [2.75, 3.05) is 14.2 Å². The van der Waals surface area contributed by atoms with Gasteiger partial charge in [-0.2, -0.15) is 10.2 Å². The predicted molar refractivity (Wildman–Crippen MR) is 147 cm³/mol. The summed E-state index contributed by atoms with van der Waals surface area (Å²) < 4.78 is 7.56. The molecule has 2 aromatic heterocycles. The fourth-order valence-electron chi connectivity index (χ4n) is 4.99. The molecule has 8 nitrogen and oxygen atoms in total. The van der Waals surface area contributed by atoms with Crippen molar-refractivity contribution in [3.8, 4) is 22.8 Å². The Bertz CT molecular complexity index is 1510. The van der Waals surface area contributed by atoms with Gasteiger partial charge in [-0.3, -0.25) is 4.98 Å². The van der Waals surface area contributed by atoms with E-state index in [2.05, 4.69) is 34.6 Å². The van der Waals surface area contributed by atoms with Crippen LogP contribution in [0.4, 0.5) is 4.79 Å². The zero-order chi connectivity index (χ0) is 26.2. The van der Waals surface area contributed by atoms with Crippen LogP contribution in [0.15, 0.2) is 78.0 Å². The number of carbonyl (C=O) groups is 1. The molecule has 4 aromatic rings. The third-order valence-electron chi connectivity index (χ3n) is 7.18. The normalized spacial score (nSPS) is 16.9. The molecule has 6 rings (SSSR count). The average Bonchev–Trinajstić information content (AvgIpc) is 3.74. The minimum atomic E-state index is -0.237. The first-order valence-electron chi connectivity index (χ1n) is 12.9. The fraction of sp³-hybridized carbons (Fsp3) is 0.267. The molecule has 0 bridgehead atoms. The number of methoxy groups -OCH3 is 1. The molecule has 1 fully saturated rings. The Morgan fingerprint density at radius 3 is 2.53 bits per heavy atom. The SMILES string of the molecule is CNC(=O)N1N=C(c2ccc(-n3nc(-c4ccccn4)cc3C3CC3)cc2)c2cc(OC)ccc2CC1C. The average molecular weight is 507 g/mol. The van der Waals surface area contributed by atoms with Crippen molar-refractivity contribution in [2.24, 2.45) is 5.10 Å². The van der Waals surface area contributed by atoms with E-state index in [0.717, 1.165) is 45.2 Å². The minimum absolute atomic E-state index is 0.103. The third-order valence-corrected chi connectivity index (χ3v) is 7.18. The molecule has 0 saturated heterocycles. The maximum atomic E-state index is 12.7. The van der Waals surface area contributed by atoms with Crippen molar-refractivity contribution in [3.63, 3.8) is 0 Å². The van der Waals surface area contributed by atoms with E-state index in [-0.39, 0.29) is 12.1 Å². The number of nitrogens with zero attached hydrogens (tertiary/aromatic N) is 5. The summed E-state index contributed by atoms with van der Waals surface area (Å²) in [6.07, 6.45) is 4.83. The number of hydrogen-bond acceptors (Lipinski definition) is 5. The van der Waals surface area contributed by atoms with Crippen molar-refractivity contribution >= 4 is 11.7 Å². The van der Waals surface area contributed by atoms with E-state index in [1.165, 1.54) is 23.5 Å². The first-order chi connectivity index (χ1) is 18.6. The summed E-state index contributed by atoms with van der Waals surface area (Å²) in [5.41, 5.74) is 7.66. The van der Waals surface area contributed by atoms with Gasteiger partial charge >= 0.3 is 6.03 Å². The molecule has 3 heterocycles. The first-order valence-corrected chi connectivity index (χ1v) is 12.9. The number of ether oxygens (including phenoxy) is 1. The largest absolute Gasteiger partial charge is 0.497 e. The zero-order valence-electron chi connectivity index (χ0n) is 21.8. The molecule has 0 radical (unpaired) electrons. The van der Waals surface area contributed by atoms with Gasteiger partial charge in [0.2, 0.25) is 0 Å². The topological polar surface area (TPSA) is 84.6 Å². The molecule has 192 valence electrons. The van der Waals surface area contributed by atoms with Crippen LogP contribution < -0.4 is 10.1 Å². The number of rotatable bonds is 5. The Hall–Kier alpha value is -4.46. The Labute approximate surface area is 222 Å². The molecular weight excluding hydrogens is 476 g/mol. The number of carbonyl (C=O) groups excluding carboxylic acids is 1. The number of aromatic nitrogens is 3. The van der Waals surface area contributed by atoms with Gasteiger partial charge < -0.3 is 10.1 Å². The van der Waals surface area contributed by atoms with Crippen molar-refractivity contribution in [1.82, 2.24) is 25.1 Å². The lowest BCUT2D eigenvalue weighted by molar-refractivity contribution is 0.184. The lowest BCUT2D eigenvalue weighted by Gasteiger charge is -2.22. The highest BCUT2D eigenvalue weighted by atomic mass is 16.5. The first kappa shape index (κ1) is 23.9. The lowest BCUT2D eigenvalue weighted by atomic mass is 9.94. The number of hydrogen-bond donors (Lipinski definition) is 1. The van der Waals surface area contributed by atoms with Gasteiger partial charge in [-0.05, 0) is 74.2 Å². The van der Waals surface area contributed by atoms with Gasteiger partial charge in [-0.15, -0.1) is 0 Å². The number of pyridine rings is 1. The van der Waals surface area contributed by atoms with Crippen LogP contribution in [0.3, 0.4) is 0 Å². The van der Waals surface area contributed by atoms with Gasteiger partial charge in [-0.1, -0.05) is 24.3 Å². The molecule has 38 heavy (non-hydrogen) atoms. The highest BCUT2D eigenvalue weighted by molar-refractivity contribution is 6.14. The Kier molecular flexibility index (Phi) is 6.15. The van der Waals surface area contributed by atoms with Gasteiger partial charge in [0.15, 0.2) is 0 Å².